The minimum Gasteiger partial charge on any atom is -0.325 e. The second-order valence-corrected chi connectivity index (χ2v) is 9.29. The number of thioether (sulfide) groups is 1. The molecule has 0 radical (unpaired) electrons. The summed E-state index contributed by atoms with van der Waals surface area (Å²) in [6, 6.07) is 25.0. The molecule has 0 saturated carbocycles. The Labute approximate surface area is 201 Å². The second-order valence-electron chi connectivity index (χ2n) is 7.74. The summed E-state index contributed by atoms with van der Waals surface area (Å²) in [4.78, 5) is 13.4. The van der Waals surface area contributed by atoms with Gasteiger partial charge in [-0.15, -0.1) is 10.2 Å². The third kappa shape index (κ3) is 4.47. The van der Waals surface area contributed by atoms with Crippen molar-refractivity contribution in [1.82, 2.24) is 14.9 Å². The number of carbonyl (C=O) groups is 1. The third-order valence-electron chi connectivity index (χ3n) is 5.59. The summed E-state index contributed by atoms with van der Waals surface area (Å²) in [5.41, 5.74) is 7.37. The maximum atomic E-state index is 13.4. The number of aromatic nitrogens is 3. The highest BCUT2D eigenvalue weighted by Gasteiger charge is 2.38. The predicted molar refractivity (Wildman–Crippen MR) is 133 cm³/mol. The molecule has 6 nitrogen and oxygen atoms in total. The largest absolute Gasteiger partial charge is 0.325 e. The van der Waals surface area contributed by atoms with E-state index in [1.54, 1.807) is 0 Å². The lowest BCUT2D eigenvalue weighted by molar-refractivity contribution is -0.116. The average Bonchev–Trinajstić information content (AvgIpc) is 3.28. The highest BCUT2D eigenvalue weighted by Crippen LogP contribution is 2.39. The quantitative estimate of drug-likeness (QED) is 0.395. The number of hydrogen-bond donors (Lipinski definition) is 2. The van der Waals surface area contributed by atoms with Gasteiger partial charge in [-0.05, 0) is 41.8 Å². The molecule has 0 aliphatic carbocycles. The monoisotopic (exact) mass is 475 g/mol. The molecule has 5 rings (SSSR count). The summed E-state index contributed by atoms with van der Waals surface area (Å²) in [7, 11) is 0. The van der Waals surface area contributed by atoms with Crippen LogP contribution in [-0.2, 0) is 11.2 Å². The molecular formula is C25H22ClN5OS. The van der Waals surface area contributed by atoms with Crippen LogP contribution in [0.25, 0.3) is 11.4 Å². The van der Waals surface area contributed by atoms with E-state index in [0.717, 1.165) is 23.2 Å². The summed E-state index contributed by atoms with van der Waals surface area (Å²) >= 11 is 7.52. The normalized spacial score (nSPS) is 17.2. The van der Waals surface area contributed by atoms with Crippen LogP contribution in [0.1, 0.15) is 24.1 Å². The average molecular weight is 476 g/mol. The Morgan fingerprint density at radius 3 is 2.45 bits per heavy atom. The van der Waals surface area contributed by atoms with Crippen LogP contribution in [0.4, 0.5) is 5.69 Å². The van der Waals surface area contributed by atoms with E-state index in [4.69, 9.17) is 11.6 Å². The van der Waals surface area contributed by atoms with Gasteiger partial charge in [0.15, 0.2) is 5.82 Å². The molecule has 3 aromatic carbocycles. The predicted octanol–water partition coefficient (Wildman–Crippen LogP) is 5.56. The SMILES string of the molecule is CCc1ccc(NC(=O)[C@H]2Sc3nnc(-c4ccccc4)n3N[C@H]2c2ccc(Cl)cc2)cc1. The molecule has 0 fully saturated rings. The van der Waals surface area contributed by atoms with Crippen molar-refractivity contribution in [3.8, 4) is 11.4 Å². The first kappa shape index (κ1) is 21.6. The van der Waals surface area contributed by atoms with Crippen molar-refractivity contribution < 1.29 is 4.79 Å². The number of nitrogens with zero attached hydrogens (tertiary/aromatic N) is 3. The first-order chi connectivity index (χ1) is 16.1. The zero-order chi connectivity index (χ0) is 22.8. The molecule has 2 N–H and O–H groups in total. The molecular weight excluding hydrogens is 454 g/mol. The number of fused-ring (bicyclic) bond motifs is 1. The highest BCUT2D eigenvalue weighted by atomic mass is 35.5. The van der Waals surface area contributed by atoms with Crippen LogP contribution in [0.2, 0.25) is 5.02 Å². The van der Waals surface area contributed by atoms with Gasteiger partial charge in [-0.25, -0.2) is 4.68 Å². The Morgan fingerprint density at radius 1 is 1.03 bits per heavy atom. The van der Waals surface area contributed by atoms with Gasteiger partial charge < -0.3 is 10.7 Å². The molecule has 0 unspecified atom stereocenters. The number of benzene rings is 3. The molecule has 0 bridgehead atoms. The standard InChI is InChI=1S/C25H22ClN5OS/c1-2-16-8-14-20(15-9-16)27-24(32)22-21(17-10-12-19(26)13-11-17)30-31-23(28-29-25(31)33-22)18-6-4-3-5-7-18/h3-15,21-22,30H,2H2,1H3,(H,27,32)/t21-,22-/m0/s1. The van der Waals surface area contributed by atoms with Gasteiger partial charge in [0, 0.05) is 16.3 Å². The van der Waals surface area contributed by atoms with Crippen LogP contribution >= 0.6 is 23.4 Å². The number of rotatable bonds is 5. The van der Waals surface area contributed by atoms with Crippen LogP contribution < -0.4 is 10.7 Å². The van der Waals surface area contributed by atoms with Crippen molar-refractivity contribution in [2.24, 2.45) is 0 Å². The van der Waals surface area contributed by atoms with Crippen LogP contribution in [0.15, 0.2) is 84.0 Å². The Hall–Kier alpha value is -3.29. The van der Waals surface area contributed by atoms with E-state index in [2.05, 4.69) is 27.9 Å². The van der Waals surface area contributed by atoms with Gasteiger partial charge in [0.1, 0.15) is 5.25 Å². The van der Waals surface area contributed by atoms with E-state index in [1.807, 2.05) is 83.5 Å². The molecule has 2 heterocycles. The van der Waals surface area contributed by atoms with Crippen LogP contribution in [-0.4, -0.2) is 26.0 Å². The number of halogens is 1. The molecule has 1 aliphatic heterocycles. The molecule has 8 heteroatoms. The van der Waals surface area contributed by atoms with Crippen molar-refractivity contribution >= 4 is 35.0 Å². The lowest BCUT2D eigenvalue weighted by Gasteiger charge is -2.33. The van der Waals surface area contributed by atoms with Crippen LogP contribution in [0.3, 0.4) is 0 Å². The molecule has 0 spiro atoms. The molecule has 2 atom stereocenters. The van der Waals surface area contributed by atoms with E-state index in [1.165, 1.54) is 17.3 Å². The first-order valence-corrected chi connectivity index (χ1v) is 12.0. The summed E-state index contributed by atoms with van der Waals surface area (Å²) in [6.07, 6.45) is 0.953. The molecule has 1 aromatic heterocycles. The minimum absolute atomic E-state index is 0.104. The summed E-state index contributed by atoms with van der Waals surface area (Å²) in [5, 5.41) is 12.6. The zero-order valence-corrected chi connectivity index (χ0v) is 19.5. The molecule has 33 heavy (non-hydrogen) atoms. The highest BCUT2D eigenvalue weighted by molar-refractivity contribution is 8.00. The Morgan fingerprint density at radius 2 is 1.76 bits per heavy atom. The van der Waals surface area contributed by atoms with Gasteiger partial charge in [0.25, 0.3) is 0 Å². The van der Waals surface area contributed by atoms with Crippen LogP contribution in [0, 0.1) is 0 Å². The van der Waals surface area contributed by atoms with Crippen molar-refractivity contribution in [2.45, 2.75) is 29.8 Å². The van der Waals surface area contributed by atoms with E-state index >= 15 is 0 Å². The molecule has 1 aliphatic rings. The van der Waals surface area contributed by atoms with E-state index in [0.29, 0.717) is 16.0 Å². The van der Waals surface area contributed by atoms with Crippen LogP contribution in [0.5, 0.6) is 0 Å². The summed E-state index contributed by atoms with van der Waals surface area (Å²) in [6.45, 7) is 2.11. The lowest BCUT2D eigenvalue weighted by atomic mass is 10.0. The third-order valence-corrected chi connectivity index (χ3v) is 7.05. The first-order valence-electron chi connectivity index (χ1n) is 10.7. The van der Waals surface area contributed by atoms with Gasteiger partial charge in [-0.3, -0.25) is 4.79 Å². The fourth-order valence-corrected chi connectivity index (χ4v) is 4.99. The Balaban J connectivity index is 1.48. The molecule has 166 valence electrons. The van der Waals surface area contributed by atoms with Gasteiger partial charge in [0.05, 0.1) is 6.04 Å². The van der Waals surface area contributed by atoms with E-state index in [9.17, 15) is 4.79 Å². The number of anilines is 1. The number of amides is 1. The molecule has 4 aromatic rings. The maximum Gasteiger partial charge on any atom is 0.240 e. The number of nitrogens with one attached hydrogen (secondary N) is 2. The Bertz CT molecular complexity index is 1260. The van der Waals surface area contributed by atoms with E-state index in [-0.39, 0.29) is 11.9 Å². The molecule has 0 saturated heterocycles. The minimum atomic E-state index is -0.461. The van der Waals surface area contributed by atoms with Gasteiger partial charge >= 0.3 is 0 Å². The number of hydrogen-bond acceptors (Lipinski definition) is 5. The van der Waals surface area contributed by atoms with E-state index < -0.39 is 5.25 Å². The van der Waals surface area contributed by atoms with Crippen molar-refractivity contribution in [1.29, 1.82) is 0 Å². The van der Waals surface area contributed by atoms with Gasteiger partial charge in [-0.1, -0.05) is 84.9 Å². The van der Waals surface area contributed by atoms with Crippen molar-refractivity contribution in [2.75, 3.05) is 10.7 Å². The lowest BCUT2D eigenvalue weighted by Crippen LogP contribution is -2.41. The zero-order valence-electron chi connectivity index (χ0n) is 17.9. The summed E-state index contributed by atoms with van der Waals surface area (Å²) < 4.78 is 1.86. The topological polar surface area (TPSA) is 71.8 Å². The number of aryl methyl sites for hydroxylation is 1. The Kier molecular flexibility index (Phi) is 6.07. The fraction of sp³-hybridized carbons (Fsp3) is 0.160. The second kappa shape index (κ2) is 9.29. The fourth-order valence-electron chi connectivity index (χ4n) is 3.79. The number of carbonyl (C=O) groups excluding carboxylic acids is 1. The van der Waals surface area contributed by atoms with Crippen molar-refractivity contribution in [3.05, 3.63) is 95.0 Å². The van der Waals surface area contributed by atoms with Crippen molar-refractivity contribution in [3.63, 3.8) is 0 Å². The van der Waals surface area contributed by atoms with Gasteiger partial charge in [0.2, 0.25) is 11.1 Å². The smallest absolute Gasteiger partial charge is 0.240 e. The summed E-state index contributed by atoms with van der Waals surface area (Å²) in [5.74, 6) is 0.596. The maximum absolute atomic E-state index is 13.4. The molecule has 1 amide bonds. The van der Waals surface area contributed by atoms with Gasteiger partial charge in [-0.2, -0.15) is 0 Å².